The van der Waals surface area contributed by atoms with Gasteiger partial charge in [-0.15, -0.1) is 0 Å². The fourth-order valence-electron chi connectivity index (χ4n) is 1.95. The van der Waals surface area contributed by atoms with Crippen molar-refractivity contribution in [2.45, 2.75) is 19.5 Å². The van der Waals surface area contributed by atoms with Gasteiger partial charge in [-0.25, -0.2) is 0 Å². The maximum Gasteiger partial charge on any atom is 0.236 e. The Bertz CT molecular complexity index is 565. The van der Waals surface area contributed by atoms with Crippen LogP contribution in [-0.4, -0.2) is 32.2 Å². The Balaban J connectivity index is 1.86. The topological polar surface area (TPSA) is 63.5 Å². The fraction of sp³-hybridized carbons (Fsp3) is 0.400. The summed E-state index contributed by atoms with van der Waals surface area (Å²) in [7, 11) is 1.61. The third-order valence-electron chi connectivity index (χ3n) is 3.16. The molecule has 0 aliphatic carbocycles. The lowest BCUT2D eigenvalue weighted by Crippen LogP contribution is -2.42. The number of fused-ring (bicyclic) bond motifs is 1. The molecule has 1 atom stereocenters. The smallest absolute Gasteiger partial charge is 0.236 e. The van der Waals surface area contributed by atoms with E-state index in [0.29, 0.717) is 19.7 Å². The molecule has 1 aromatic heterocycles. The summed E-state index contributed by atoms with van der Waals surface area (Å²) < 4.78 is 10.4. The maximum atomic E-state index is 11.8. The van der Waals surface area contributed by atoms with E-state index in [1.165, 1.54) is 0 Å². The lowest BCUT2D eigenvalue weighted by molar-refractivity contribution is -0.122. The maximum absolute atomic E-state index is 11.8. The highest BCUT2D eigenvalue weighted by molar-refractivity contribution is 5.82. The first-order valence-corrected chi connectivity index (χ1v) is 6.67. The van der Waals surface area contributed by atoms with Gasteiger partial charge in [0.15, 0.2) is 0 Å². The third kappa shape index (κ3) is 3.59. The lowest BCUT2D eigenvalue weighted by Gasteiger charge is -2.13. The molecular weight excluding hydrogens is 256 g/mol. The molecular formula is C15H20N2O3. The van der Waals surface area contributed by atoms with Crippen LogP contribution in [0.3, 0.4) is 0 Å². The van der Waals surface area contributed by atoms with Crippen LogP contribution in [0.1, 0.15) is 12.5 Å². The van der Waals surface area contributed by atoms with E-state index in [9.17, 15) is 4.79 Å². The van der Waals surface area contributed by atoms with Gasteiger partial charge in [0, 0.05) is 31.1 Å². The van der Waals surface area contributed by atoms with Gasteiger partial charge in [0.05, 0.1) is 18.9 Å². The van der Waals surface area contributed by atoms with Gasteiger partial charge in [-0.1, -0.05) is 18.2 Å². The Labute approximate surface area is 118 Å². The highest BCUT2D eigenvalue weighted by atomic mass is 16.5. The van der Waals surface area contributed by atoms with E-state index in [-0.39, 0.29) is 11.9 Å². The Hall–Kier alpha value is -1.85. The summed E-state index contributed by atoms with van der Waals surface area (Å²) in [5, 5.41) is 7.07. The molecule has 5 heteroatoms. The molecule has 0 aliphatic heterocycles. The zero-order valence-electron chi connectivity index (χ0n) is 11.8. The van der Waals surface area contributed by atoms with Crippen LogP contribution < -0.4 is 10.6 Å². The van der Waals surface area contributed by atoms with Gasteiger partial charge in [-0.2, -0.15) is 0 Å². The molecule has 0 aliphatic rings. The number of benzene rings is 1. The number of methoxy groups -OCH3 is 1. The number of hydrogen-bond donors (Lipinski definition) is 2. The molecule has 5 nitrogen and oxygen atoms in total. The van der Waals surface area contributed by atoms with E-state index in [0.717, 1.165) is 16.5 Å². The first-order valence-electron chi connectivity index (χ1n) is 6.67. The van der Waals surface area contributed by atoms with Crippen molar-refractivity contribution in [3.63, 3.8) is 0 Å². The Morgan fingerprint density at radius 2 is 2.20 bits per heavy atom. The van der Waals surface area contributed by atoms with Gasteiger partial charge in [0.25, 0.3) is 0 Å². The van der Waals surface area contributed by atoms with E-state index in [4.69, 9.17) is 9.15 Å². The second kappa shape index (κ2) is 7.07. The molecule has 2 aromatic rings. The van der Waals surface area contributed by atoms with Crippen molar-refractivity contribution in [1.82, 2.24) is 10.6 Å². The first-order chi connectivity index (χ1) is 9.72. The summed E-state index contributed by atoms with van der Waals surface area (Å²) in [5.41, 5.74) is 1.92. The number of hydrogen-bond acceptors (Lipinski definition) is 4. The summed E-state index contributed by atoms with van der Waals surface area (Å²) in [6.45, 7) is 3.47. The number of carbonyl (C=O) groups excluding carboxylic acids is 1. The minimum atomic E-state index is -0.263. The molecule has 1 heterocycles. The van der Waals surface area contributed by atoms with Crippen LogP contribution in [0, 0.1) is 0 Å². The van der Waals surface area contributed by atoms with Crippen molar-refractivity contribution in [2.24, 2.45) is 0 Å². The van der Waals surface area contributed by atoms with E-state index < -0.39 is 0 Å². The number of rotatable bonds is 7. The van der Waals surface area contributed by atoms with Crippen molar-refractivity contribution in [2.75, 3.05) is 20.3 Å². The largest absolute Gasteiger partial charge is 0.464 e. The van der Waals surface area contributed by atoms with Gasteiger partial charge >= 0.3 is 0 Å². The molecule has 0 bridgehead atoms. The summed E-state index contributed by atoms with van der Waals surface area (Å²) in [6.07, 6.45) is 1.73. The van der Waals surface area contributed by atoms with Crippen LogP contribution in [0.5, 0.6) is 0 Å². The Morgan fingerprint density at radius 3 is 3.00 bits per heavy atom. The summed E-state index contributed by atoms with van der Waals surface area (Å²) >= 11 is 0. The minimum Gasteiger partial charge on any atom is -0.464 e. The Kier molecular flexibility index (Phi) is 5.15. The molecule has 1 amide bonds. The molecule has 1 aromatic carbocycles. The van der Waals surface area contributed by atoms with Crippen molar-refractivity contribution < 1.29 is 13.9 Å². The summed E-state index contributed by atoms with van der Waals surface area (Å²) in [6, 6.07) is 7.59. The van der Waals surface area contributed by atoms with Gasteiger partial charge < -0.3 is 19.8 Å². The van der Waals surface area contributed by atoms with E-state index in [1.54, 1.807) is 13.4 Å². The third-order valence-corrected chi connectivity index (χ3v) is 3.16. The van der Waals surface area contributed by atoms with Crippen LogP contribution in [0.15, 0.2) is 34.9 Å². The minimum absolute atomic E-state index is 0.0325. The normalized spacial score (nSPS) is 12.5. The molecule has 20 heavy (non-hydrogen) atoms. The fourth-order valence-corrected chi connectivity index (χ4v) is 1.95. The average molecular weight is 276 g/mol. The van der Waals surface area contributed by atoms with Crippen molar-refractivity contribution in [3.05, 3.63) is 36.1 Å². The highest BCUT2D eigenvalue weighted by Gasteiger charge is 2.12. The van der Waals surface area contributed by atoms with Crippen LogP contribution in [0.25, 0.3) is 11.0 Å². The number of furan rings is 1. The molecule has 0 spiro atoms. The van der Waals surface area contributed by atoms with Gasteiger partial charge in [-0.05, 0) is 13.0 Å². The quantitative estimate of drug-likeness (QED) is 0.755. The van der Waals surface area contributed by atoms with E-state index in [1.807, 2.05) is 31.2 Å². The molecule has 0 saturated carbocycles. The van der Waals surface area contributed by atoms with Crippen LogP contribution in [0.4, 0.5) is 0 Å². The molecule has 108 valence electrons. The Morgan fingerprint density at radius 1 is 1.40 bits per heavy atom. The highest BCUT2D eigenvalue weighted by Crippen LogP contribution is 2.20. The van der Waals surface area contributed by atoms with Crippen LogP contribution in [0.2, 0.25) is 0 Å². The second-order valence-corrected chi connectivity index (χ2v) is 4.64. The van der Waals surface area contributed by atoms with Gasteiger partial charge in [0.2, 0.25) is 5.91 Å². The van der Waals surface area contributed by atoms with Crippen LogP contribution >= 0.6 is 0 Å². The van der Waals surface area contributed by atoms with Crippen molar-refractivity contribution >= 4 is 16.9 Å². The zero-order valence-corrected chi connectivity index (χ0v) is 11.8. The van der Waals surface area contributed by atoms with E-state index >= 15 is 0 Å². The number of amides is 1. The molecule has 2 N–H and O–H groups in total. The first kappa shape index (κ1) is 14.6. The van der Waals surface area contributed by atoms with Crippen LogP contribution in [-0.2, 0) is 16.1 Å². The number of ether oxygens (including phenoxy) is 1. The standard InChI is InChI=1S/C15H20N2O3/c1-11(15(18)16-7-8-19-2)17-9-12-10-20-14-6-4-3-5-13(12)14/h3-6,10-11,17H,7-9H2,1-2H3,(H,16,18). The SMILES string of the molecule is COCCNC(=O)C(C)NCc1coc2ccccc12. The second-order valence-electron chi connectivity index (χ2n) is 4.64. The number of para-hydroxylation sites is 1. The molecule has 1 unspecified atom stereocenters. The van der Waals surface area contributed by atoms with Crippen molar-refractivity contribution in [3.8, 4) is 0 Å². The number of nitrogens with one attached hydrogen (secondary N) is 2. The molecule has 0 fully saturated rings. The molecule has 2 rings (SSSR count). The lowest BCUT2D eigenvalue weighted by atomic mass is 10.1. The predicted octanol–water partition coefficient (Wildman–Crippen LogP) is 1.67. The molecule has 0 saturated heterocycles. The van der Waals surface area contributed by atoms with Gasteiger partial charge in [0.1, 0.15) is 5.58 Å². The summed E-state index contributed by atoms with van der Waals surface area (Å²) in [4.78, 5) is 11.8. The van der Waals surface area contributed by atoms with Crippen molar-refractivity contribution in [1.29, 1.82) is 0 Å². The zero-order chi connectivity index (χ0) is 14.4. The summed E-state index contributed by atoms with van der Waals surface area (Å²) in [5.74, 6) is -0.0325. The number of carbonyl (C=O) groups is 1. The molecule has 0 radical (unpaired) electrons. The van der Waals surface area contributed by atoms with Gasteiger partial charge in [-0.3, -0.25) is 4.79 Å². The monoisotopic (exact) mass is 276 g/mol. The predicted molar refractivity (Wildman–Crippen MR) is 77.4 cm³/mol. The average Bonchev–Trinajstić information content (AvgIpc) is 2.88. The van der Waals surface area contributed by atoms with E-state index in [2.05, 4.69) is 10.6 Å².